The summed E-state index contributed by atoms with van der Waals surface area (Å²) in [6, 6.07) is 5.10. The van der Waals surface area contributed by atoms with Crippen molar-refractivity contribution in [1.82, 2.24) is 4.90 Å². The van der Waals surface area contributed by atoms with Crippen molar-refractivity contribution in [2.24, 2.45) is 5.73 Å². The van der Waals surface area contributed by atoms with Crippen LogP contribution in [-0.2, 0) is 11.3 Å². The topological polar surface area (TPSA) is 38.5 Å². The van der Waals surface area contributed by atoms with Crippen molar-refractivity contribution in [2.75, 3.05) is 20.2 Å². The second-order valence-electron chi connectivity index (χ2n) is 4.98. The van der Waals surface area contributed by atoms with E-state index in [4.69, 9.17) is 10.5 Å². The molecule has 0 aliphatic carbocycles. The maximum Gasteiger partial charge on any atom is 0.123 e. The SMILES string of the molecule is COC1CCN(Cc2cc(F)ccc2Br)C(CN)C1. The second-order valence-corrected chi connectivity index (χ2v) is 5.83. The third-order valence-electron chi connectivity index (χ3n) is 3.78. The van der Waals surface area contributed by atoms with Crippen molar-refractivity contribution >= 4 is 15.9 Å². The Kier molecular flexibility index (Phi) is 5.33. The number of halogens is 2. The van der Waals surface area contributed by atoms with Crippen molar-refractivity contribution in [1.29, 1.82) is 0 Å². The summed E-state index contributed by atoms with van der Waals surface area (Å²) in [6.07, 6.45) is 2.24. The van der Waals surface area contributed by atoms with E-state index in [1.54, 1.807) is 19.2 Å². The van der Waals surface area contributed by atoms with Gasteiger partial charge in [0.2, 0.25) is 0 Å². The average molecular weight is 331 g/mol. The minimum atomic E-state index is -0.200. The minimum absolute atomic E-state index is 0.200. The fourth-order valence-electron chi connectivity index (χ4n) is 2.61. The number of nitrogens with two attached hydrogens (primary N) is 1. The molecule has 0 spiro atoms. The molecule has 2 rings (SSSR count). The van der Waals surface area contributed by atoms with Gasteiger partial charge in [-0.3, -0.25) is 4.90 Å². The molecule has 106 valence electrons. The molecular formula is C14H20BrFN2O. The number of likely N-dealkylation sites (tertiary alicyclic amines) is 1. The highest BCUT2D eigenvalue weighted by Gasteiger charge is 2.27. The molecule has 1 aromatic rings. The highest BCUT2D eigenvalue weighted by molar-refractivity contribution is 9.10. The molecular weight excluding hydrogens is 311 g/mol. The number of ether oxygens (including phenoxy) is 1. The molecule has 19 heavy (non-hydrogen) atoms. The Labute approximate surface area is 122 Å². The zero-order valence-electron chi connectivity index (χ0n) is 11.1. The van der Waals surface area contributed by atoms with Gasteiger partial charge in [-0.25, -0.2) is 4.39 Å². The zero-order valence-corrected chi connectivity index (χ0v) is 12.7. The highest BCUT2D eigenvalue weighted by atomic mass is 79.9. The Morgan fingerprint density at radius 2 is 2.32 bits per heavy atom. The van der Waals surface area contributed by atoms with E-state index < -0.39 is 0 Å². The summed E-state index contributed by atoms with van der Waals surface area (Å²) >= 11 is 3.48. The fourth-order valence-corrected chi connectivity index (χ4v) is 2.99. The van der Waals surface area contributed by atoms with Crippen LogP contribution >= 0.6 is 15.9 Å². The average Bonchev–Trinajstić information content (AvgIpc) is 2.43. The van der Waals surface area contributed by atoms with Crippen LogP contribution < -0.4 is 5.73 Å². The largest absolute Gasteiger partial charge is 0.381 e. The molecule has 2 atom stereocenters. The van der Waals surface area contributed by atoms with Crippen molar-refractivity contribution in [3.63, 3.8) is 0 Å². The first-order chi connectivity index (χ1) is 9.13. The lowest BCUT2D eigenvalue weighted by Gasteiger charge is -2.38. The lowest BCUT2D eigenvalue weighted by molar-refractivity contribution is 0.0101. The molecule has 1 aliphatic heterocycles. The van der Waals surface area contributed by atoms with Crippen LogP contribution in [0.25, 0.3) is 0 Å². The molecule has 5 heteroatoms. The first-order valence-corrected chi connectivity index (χ1v) is 7.34. The van der Waals surface area contributed by atoms with Gasteiger partial charge < -0.3 is 10.5 Å². The predicted molar refractivity (Wildman–Crippen MR) is 77.4 cm³/mol. The fraction of sp³-hybridized carbons (Fsp3) is 0.571. The number of rotatable bonds is 4. The van der Waals surface area contributed by atoms with Crippen LogP contribution in [0.3, 0.4) is 0 Å². The standard InChI is InChI=1S/C14H20BrFN2O/c1-19-13-4-5-18(12(7-13)8-17)9-10-6-11(16)2-3-14(10)15/h2-3,6,12-13H,4-5,7-9,17H2,1H3. The molecule has 2 N–H and O–H groups in total. The maximum absolute atomic E-state index is 13.3. The van der Waals surface area contributed by atoms with Crippen molar-refractivity contribution < 1.29 is 9.13 Å². The van der Waals surface area contributed by atoms with Gasteiger partial charge in [-0.2, -0.15) is 0 Å². The predicted octanol–water partition coefficient (Wildman–Crippen LogP) is 2.53. The molecule has 0 saturated carbocycles. The van der Waals surface area contributed by atoms with Crippen LogP contribution in [0.15, 0.2) is 22.7 Å². The molecule has 0 bridgehead atoms. The third-order valence-corrected chi connectivity index (χ3v) is 4.55. The summed E-state index contributed by atoms with van der Waals surface area (Å²) in [5.41, 5.74) is 6.82. The van der Waals surface area contributed by atoms with E-state index in [1.807, 2.05) is 0 Å². The molecule has 1 heterocycles. The Bertz CT molecular complexity index is 430. The number of nitrogens with zero attached hydrogens (tertiary/aromatic N) is 1. The molecule has 1 aliphatic rings. The summed E-state index contributed by atoms with van der Waals surface area (Å²) in [5.74, 6) is -0.200. The van der Waals surface area contributed by atoms with Gasteiger partial charge in [-0.15, -0.1) is 0 Å². The number of piperidine rings is 1. The zero-order chi connectivity index (χ0) is 13.8. The van der Waals surface area contributed by atoms with Crippen molar-refractivity contribution in [3.05, 3.63) is 34.1 Å². The number of methoxy groups -OCH3 is 1. The van der Waals surface area contributed by atoms with E-state index >= 15 is 0 Å². The third kappa shape index (κ3) is 3.75. The van der Waals surface area contributed by atoms with E-state index in [9.17, 15) is 4.39 Å². The van der Waals surface area contributed by atoms with Crippen molar-refractivity contribution in [3.8, 4) is 0 Å². The van der Waals surface area contributed by atoms with Crippen LogP contribution in [0.2, 0.25) is 0 Å². The van der Waals surface area contributed by atoms with Gasteiger partial charge in [-0.05, 0) is 36.6 Å². The van der Waals surface area contributed by atoms with E-state index in [1.165, 1.54) is 6.07 Å². The normalized spacial score (nSPS) is 24.6. The highest BCUT2D eigenvalue weighted by Crippen LogP contribution is 2.25. The van der Waals surface area contributed by atoms with Gasteiger partial charge in [0.1, 0.15) is 5.82 Å². The van der Waals surface area contributed by atoms with Crippen LogP contribution in [0.4, 0.5) is 4.39 Å². The summed E-state index contributed by atoms with van der Waals surface area (Å²) in [6.45, 7) is 2.26. The first-order valence-electron chi connectivity index (χ1n) is 6.55. The quantitative estimate of drug-likeness (QED) is 0.921. The van der Waals surface area contributed by atoms with E-state index in [0.717, 1.165) is 36.0 Å². The lowest BCUT2D eigenvalue weighted by Crippen LogP contribution is -2.48. The summed E-state index contributed by atoms with van der Waals surface area (Å²) in [4.78, 5) is 2.31. The minimum Gasteiger partial charge on any atom is -0.381 e. The van der Waals surface area contributed by atoms with E-state index in [0.29, 0.717) is 18.7 Å². The van der Waals surface area contributed by atoms with E-state index in [2.05, 4.69) is 20.8 Å². The number of benzene rings is 1. The first kappa shape index (κ1) is 14.9. The summed E-state index contributed by atoms with van der Waals surface area (Å²) in [7, 11) is 1.75. The number of hydrogen-bond donors (Lipinski definition) is 1. The van der Waals surface area contributed by atoms with Crippen LogP contribution in [0.5, 0.6) is 0 Å². The van der Waals surface area contributed by atoms with E-state index in [-0.39, 0.29) is 5.82 Å². The van der Waals surface area contributed by atoms with Gasteiger partial charge in [0, 0.05) is 37.3 Å². The molecule has 0 radical (unpaired) electrons. The van der Waals surface area contributed by atoms with Crippen LogP contribution in [0, 0.1) is 5.82 Å². The summed E-state index contributed by atoms with van der Waals surface area (Å²) in [5, 5.41) is 0. The Morgan fingerprint density at radius 3 is 3.00 bits per heavy atom. The Balaban J connectivity index is 2.07. The van der Waals surface area contributed by atoms with Gasteiger partial charge >= 0.3 is 0 Å². The molecule has 2 unspecified atom stereocenters. The smallest absolute Gasteiger partial charge is 0.123 e. The Morgan fingerprint density at radius 1 is 1.53 bits per heavy atom. The second kappa shape index (κ2) is 6.79. The molecule has 1 saturated heterocycles. The molecule has 1 aromatic carbocycles. The molecule has 1 fully saturated rings. The van der Waals surface area contributed by atoms with Gasteiger partial charge in [0.15, 0.2) is 0 Å². The monoisotopic (exact) mass is 330 g/mol. The van der Waals surface area contributed by atoms with Gasteiger partial charge in [-0.1, -0.05) is 15.9 Å². The van der Waals surface area contributed by atoms with Gasteiger partial charge in [0.25, 0.3) is 0 Å². The summed E-state index contributed by atoms with van der Waals surface area (Å²) < 4.78 is 19.7. The number of hydrogen-bond acceptors (Lipinski definition) is 3. The molecule has 3 nitrogen and oxygen atoms in total. The maximum atomic E-state index is 13.3. The van der Waals surface area contributed by atoms with Crippen LogP contribution in [0.1, 0.15) is 18.4 Å². The van der Waals surface area contributed by atoms with Gasteiger partial charge in [0.05, 0.1) is 6.10 Å². The molecule has 0 aromatic heterocycles. The Hall–Kier alpha value is -0.490. The van der Waals surface area contributed by atoms with Crippen molar-refractivity contribution in [2.45, 2.75) is 31.5 Å². The lowest BCUT2D eigenvalue weighted by atomic mass is 9.98. The van der Waals surface area contributed by atoms with Crippen LogP contribution in [-0.4, -0.2) is 37.2 Å². The molecule has 0 amide bonds.